The number of hydrogen-bond donors (Lipinski definition) is 2. The number of carbonyl (C=O) groups excluding carboxylic acids is 1. The Kier molecular flexibility index (Phi) is 5.11. The van der Waals surface area contributed by atoms with E-state index in [9.17, 15) is 4.79 Å². The van der Waals surface area contributed by atoms with Crippen LogP contribution in [0.5, 0.6) is 0 Å². The number of amides is 1. The van der Waals surface area contributed by atoms with Crippen molar-refractivity contribution in [2.75, 3.05) is 5.32 Å². The van der Waals surface area contributed by atoms with Crippen LogP contribution in [0.15, 0.2) is 42.7 Å². The zero-order chi connectivity index (χ0) is 15.2. The average Bonchev–Trinajstić information content (AvgIpc) is 2.86. The van der Waals surface area contributed by atoms with Crippen molar-refractivity contribution in [1.29, 1.82) is 0 Å². The molecule has 21 heavy (non-hydrogen) atoms. The first-order chi connectivity index (χ1) is 10.0. The summed E-state index contributed by atoms with van der Waals surface area (Å²) >= 11 is 0. The van der Waals surface area contributed by atoms with Crippen molar-refractivity contribution in [2.45, 2.75) is 32.9 Å². The highest BCUT2D eigenvalue weighted by Crippen LogP contribution is 2.10. The van der Waals surface area contributed by atoms with Crippen LogP contribution in [0.4, 0.5) is 5.69 Å². The second kappa shape index (κ2) is 7.04. The summed E-state index contributed by atoms with van der Waals surface area (Å²) in [5.41, 5.74) is 7.76. The molecule has 112 valence electrons. The Morgan fingerprint density at radius 2 is 2.05 bits per heavy atom. The minimum Gasteiger partial charge on any atom is -0.327 e. The minimum absolute atomic E-state index is 0.0736. The number of rotatable bonds is 6. The van der Waals surface area contributed by atoms with Crippen molar-refractivity contribution in [3.05, 3.63) is 48.3 Å². The zero-order valence-corrected chi connectivity index (χ0v) is 12.5. The Hall–Kier alpha value is -2.14. The number of carbonyl (C=O) groups is 1. The Bertz CT molecular complexity index is 577. The summed E-state index contributed by atoms with van der Waals surface area (Å²) in [6, 6.07) is 9.94. The Morgan fingerprint density at radius 1 is 1.33 bits per heavy atom. The largest absolute Gasteiger partial charge is 0.327 e. The third-order valence-electron chi connectivity index (χ3n) is 3.38. The van der Waals surface area contributed by atoms with Crippen LogP contribution in [0.1, 0.15) is 25.8 Å². The number of anilines is 1. The second-order valence-corrected chi connectivity index (χ2v) is 5.57. The van der Waals surface area contributed by atoms with Gasteiger partial charge in [-0.15, -0.1) is 0 Å². The van der Waals surface area contributed by atoms with Crippen LogP contribution in [0.3, 0.4) is 0 Å². The van der Waals surface area contributed by atoms with Crippen molar-refractivity contribution >= 4 is 11.6 Å². The van der Waals surface area contributed by atoms with Crippen molar-refractivity contribution < 1.29 is 4.79 Å². The van der Waals surface area contributed by atoms with Crippen LogP contribution in [-0.4, -0.2) is 21.7 Å². The normalized spacial score (nSPS) is 12.4. The Balaban J connectivity index is 1.90. The molecular weight excluding hydrogens is 264 g/mol. The molecule has 1 heterocycles. The molecule has 3 N–H and O–H groups in total. The van der Waals surface area contributed by atoms with Crippen LogP contribution in [0.2, 0.25) is 0 Å². The van der Waals surface area contributed by atoms with E-state index in [4.69, 9.17) is 5.73 Å². The fraction of sp³-hybridized carbons (Fsp3) is 0.375. The summed E-state index contributed by atoms with van der Waals surface area (Å²) < 4.78 is 1.80. The Morgan fingerprint density at radius 3 is 2.71 bits per heavy atom. The minimum atomic E-state index is -0.121. The van der Waals surface area contributed by atoms with E-state index in [0.717, 1.165) is 0 Å². The molecule has 1 aromatic carbocycles. The van der Waals surface area contributed by atoms with Gasteiger partial charge in [0.05, 0.1) is 18.4 Å². The first kappa shape index (κ1) is 15.3. The van der Waals surface area contributed by atoms with Gasteiger partial charge in [-0.05, 0) is 11.5 Å². The van der Waals surface area contributed by atoms with Gasteiger partial charge in [0.15, 0.2) is 0 Å². The molecule has 2 rings (SSSR count). The van der Waals surface area contributed by atoms with Gasteiger partial charge in [0, 0.05) is 18.7 Å². The van der Waals surface area contributed by atoms with Gasteiger partial charge in [0.2, 0.25) is 5.91 Å². The van der Waals surface area contributed by atoms with Crippen LogP contribution in [0, 0.1) is 5.92 Å². The molecule has 0 spiro atoms. The molecule has 1 amide bonds. The van der Waals surface area contributed by atoms with Gasteiger partial charge in [0.1, 0.15) is 0 Å². The predicted molar refractivity (Wildman–Crippen MR) is 83.8 cm³/mol. The monoisotopic (exact) mass is 286 g/mol. The highest BCUT2D eigenvalue weighted by atomic mass is 16.1. The highest BCUT2D eigenvalue weighted by molar-refractivity contribution is 5.90. The summed E-state index contributed by atoms with van der Waals surface area (Å²) in [6.07, 6.45) is 3.80. The lowest BCUT2D eigenvalue weighted by Crippen LogP contribution is -2.31. The summed E-state index contributed by atoms with van der Waals surface area (Å²) in [6.45, 7) is 4.70. The molecule has 5 heteroatoms. The first-order valence-electron chi connectivity index (χ1n) is 7.16. The van der Waals surface area contributed by atoms with Crippen LogP contribution < -0.4 is 11.1 Å². The van der Waals surface area contributed by atoms with Gasteiger partial charge in [-0.3, -0.25) is 9.48 Å². The molecule has 1 unspecified atom stereocenters. The third-order valence-corrected chi connectivity index (χ3v) is 3.38. The number of nitrogens with one attached hydrogen (secondary N) is 1. The van der Waals surface area contributed by atoms with Crippen molar-refractivity contribution in [3.63, 3.8) is 0 Å². The number of nitrogens with two attached hydrogens (primary N) is 1. The number of aromatic nitrogens is 2. The van der Waals surface area contributed by atoms with Gasteiger partial charge >= 0.3 is 0 Å². The van der Waals surface area contributed by atoms with Crippen LogP contribution >= 0.6 is 0 Å². The zero-order valence-electron chi connectivity index (χ0n) is 12.5. The molecule has 0 aliphatic rings. The highest BCUT2D eigenvalue weighted by Gasteiger charge is 2.13. The molecule has 0 bridgehead atoms. The molecule has 0 fully saturated rings. The predicted octanol–water partition coefficient (Wildman–Crippen LogP) is 2.24. The molecular formula is C16H22N4O. The van der Waals surface area contributed by atoms with Crippen molar-refractivity contribution in [1.82, 2.24) is 9.78 Å². The number of hydrogen-bond acceptors (Lipinski definition) is 3. The first-order valence-corrected chi connectivity index (χ1v) is 7.16. The number of nitrogens with zero attached hydrogens (tertiary/aromatic N) is 2. The summed E-state index contributed by atoms with van der Waals surface area (Å²) in [5.74, 6) is 0.215. The molecule has 1 aromatic heterocycles. The maximum absolute atomic E-state index is 11.9. The summed E-state index contributed by atoms with van der Waals surface area (Å²) in [4.78, 5) is 11.9. The van der Waals surface area contributed by atoms with Gasteiger partial charge in [-0.2, -0.15) is 5.10 Å². The van der Waals surface area contributed by atoms with Crippen LogP contribution in [0.25, 0.3) is 0 Å². The maximum Gasteiger partial charge on any atom is 0.226 e. The molecule has 2 aromatic rings. The lowest BCUT2D eigenvalue weighted by molar-refractivity contribution is -0.116. The summed E-state index contributed by atoms with van der Waals surface area (Å²) in [7, 11) is 0. The van der Waals surface area contributed by atoms with E-state index in [-0.39, 0.29) is 17.9 Å². The maximum atomic E-state index is 11.9. The van der Waals surface area contributed by atoms with Gasteiger partial charge in [-0.1, -0.05) is 44.2 Å². The van der Waals surface area contributed by atoms with Gasteiger partial charge in [0.25, 0.3) is 0 Å². The molecule has 0 aliphatic carbocycles. The average molecular weight is 286 g/mol. The standard InChI is InChI=1S/C16H22N4O/c1-12(2)15(17)8-16(21)19-14-9-18-20(11-14)10-13-6-4-3-5-7-13/h3-7,9,11-12,15H,8,10,17H2,1-2H3,(H,19,21). The third kappa shape index (κ3) is 4.72. The Labute approximate surface area is 125 Å². The topological polar surface area (TPSA) is 72.9 Å². The summed E-state index contributed by atoms with van der Waals surface area (Å²) in [5, 5.41) is 7.08. The number of benzene rings is 1. The lowest BCUT2D eigenvalue weighted by Gasteiger charge is -2.14. The van der Waals surface area contributed by atoms with E-state index in [1.54, 1.807) is 10.9 Å². The van der Waals surface area contributed by atoms with Crippen LogP contribution in [-0.2, 0) is 11.3 Å². The van der Waals surface area contributed by atoms with E-state index in [1.807, 2.05) is 50.4 Å². The SMILES string of the molecule is CC(C)C(N)CC(=O)Nc1cnn(Cc2ccccc2)c1. The van der Waals surface area contributed by atoms with E-state index in [2.05, 4.69) is 10.4 Å². The van der Waals surface area contributed by atoms with E-state index in [1.165, 1.54) is 5.56 Å². The van der Waals surface area contributed by atoms with Crippen molar-refractivity contribution in [2.24, 2.45) is 11.7 Å². The van der Waals surface area contributed by atoms with E-state index < -0.39 is 0 Å². The molecule has 1 atom stereocenters. The smallest absolute Gasteiger partial charge is 0.226 e. The fourth-order valence-electron chi connectivity index (χ4n) is 1.95. The molecule has 0 saturated carbocycles. The molecule has 0 radical (unpaired) electrons. The molecule has 5 nitrogen and oxygen atoms in total. The van der Waals surface area contributed by atoms with E-state index >= 15 is 0 Å². The fourth-order valence-corrected chi connectivity index (χ4v) is 1.95. The molecule has 0 aliphatic heterocycles. The lowest BCUT2D eigenvalue weighted by atomic mass is 10.0. The second-order valence-electron chi connectivity index (χ2n) is 5.57. The molecule has 0 saturated heterocycles. The van der Waals surface area contributed by atoms with Gasteiger partial charge < -0.3 is 11.1 Å². The van der Waals surface area contributed by atoms with E-state index in [0.29, 0.717) is 18.7 Å². The van der Waals surface area contributed by atoms with Crippen molar-refractivity contribution in [3.8, 4) is 0 Å². The quantitative estimate of drug-likeness (QED) is 0.855. The van der Waals surface area contributed by atoms with Gasteiger partial charge in [-0.25, -0.2) is 0 Å².